The molecule has 1 aromatic rings. The second kappa shape index (κ2) is 4.56. The number of methoxy groups -OCH3 is 1. The van der Waals surface area contributed by atoms with Crippen molar-refractivity contribution < 1.29 is 9.26 Å². The minimum Gasteiger partial charge on any atom is -0.373 e. The molecule has 2 saturated carbocycles. The fourth-order valence-corrected chi connectivity index (χ4v) is 3.85. The van der Waals surface area contributed by atoms with Gasteiger partial charge in [0.25, 0.3) is 0 Å². The molecule has 0 spiro atoms. The Hall–Kier alpha value is -0.940. The van der Waals surface area contributed by atoms with Crippen LogP contribution in [-0.4, -0.2) is 23.8 Å². The van der Waals surface area contributed by atoms with E-state index >= 15 is 0 Å². The maximum Gasteiger partial charge on any atom is 0.244 e. The Kier molecular flexibility index (Phi) is 2.84. The topological polar surface area (TPSA) is 60.2 Å². The molecule has 0 bridgehead atoms. The van der Waals surface area contributed by atoms with Gasteiger partial charge in [-0.15, -0.1) is 0 Å². The molecule has 4 rings (SSSR count). The van der Waals surface area contributed by atoms with Gasteiger partial charge < -0.3 is 14.6 Å². The van der Waals surface area contributed by atoms with E-state index in [0.717, 1.165) is 24.2 Å². The SMILES string of the molecule is COC(c1noc(C2NCC3CCCC32)n1)C1CC1. The third kappa shape index (κ3) is 1.99. The predicted molar refractivity (Wildman–Crippen MR) is 68.3 cm³/mol. The van der Waals surface area contributed by atoms with Gasteiger partial charge in [0.2, 0.25) is 11.7 Å². The summed E-state index contributed by atoms with van der Waals surface area (Å²) >= 11 is 0. The molecule has 2 heterocycles. The highest BCUT2D eigenvalue weighted by Gasteiger charge is 2.43. The van der Waals surface area contributed by atoms with Gasteiger partial charge >= 0.3 is 0 Å². The number of hydrogen-bond acceptors (Lipinski definition) is 5. The lowest BCUT2D eigenvalue weighted by atomic mass is 9.94. The van der Waals surface area contributed by atoms with E-state index in [1.54, 1.807) is 7.11 Å². The molecule has 5 nitrogen and oxygen atoms in total. The highest BCUT2D eigenvalue weighted by molar-refractivity contribution is 5.06. The minimum absolute atomic E-state index is 0.0262. The van der Waals surface area contributed by atoms with Gasteiger partial charge in [0, 0.05) is 7.11 Å². The molecule has 4 unspecified atom stereocenters. The molecule has 0 amide bonds. The van der Waals surface area contributed by atoms with Gasteiger partial charge in [0.1, 0.15) is 6.10 Å². The molecule has 0 radical (unpaired) electrons. The average Bonchev–Trinajstić information content (AvgIpc) is 2.84. The molecular weight excluding hydrogens is 242 g/mol. The molecule has 1 aliphatic heterocycles. The van der Waals surface area contributed by atoms with Gasteiger partial charge in [-0.05, 0) is 50.0 Å². The van der Waals surface area contributed by atoms with E-state index in [1.807, 2.05) is 0 Å². The minimum atomic E-state index is 0.0262. The molecule has 1 aromatic heterocycles. The van der Waals surface area contributed by atoms with Crippen LogP contribution in [0, 0.1) is 17.8 Å². The van der Waals surface area contributed by atoms with Crippen molar-refractivity contribution in [2.24, 2.45) is 17.8 Å². The van der Waals surface area contributed by atoms with Gasteiger partial charge in [0.05, 0.1) is 6.04 Å². The van der Waals surface area contributed by atoms with Gasteiger partial charge in [-0.25, -0.2) is 0 Å². The monoisotopic (exact) mass is 263 g/mol. The van der Waals surface area contributed by atoms with E-state index in [-0.39, 0.29) is 12.1 Å². The van der Waals surface area contributed by atoms with Crippen molar-refractivity contribution in [2.45, 2.75) is 44.2 Å². The summed E-state index contributed by atoms with van der Waals surface area (Å²) in [6.07, 6.45) is 6.44. The highest BCUT2D eigenvalue weighted by Crippen LogP contribution is 2.45. The molecule has 3 aliphatic rings. The van der Waals surface area contributed by atoms with E-state index in [9.17, 15) is 0 Å². The highest BCUT2D eigenvalue weighted by atomic mass is 16.5. The van der Waals surface area contributed by atoms with Gasteiger partial charge in [-0.1, -0.05) is 11.6 Å². The van der Waals surface area contributed by atoms with E-state index in [2.05, 4.69) is 15.5 Å². The first-order valence-electron chi connectivity index (χ1n) is 7.46. The van der Waals surface area contributed by atoms with Crippen molar-refractivity contribution in [1.29, 1.82) is 0 Å². The van der Waals surface area contributed by atoms with Crippen LogP contribution in [0.4, 0.5) is 0 Å². The lowest BCUT2D eigenvalue weighted by Gasteiger charge is -2.13. The molecule has 3 fully saturated rings. The summed E-state index contributed by atoms with van der Waals surface area (Å²) in [5.74, 6) is 3.60. The van der Waals surface area contributed by atoms with E-state index in [0.29, 0.717) is 11.8 Å². The van der Waals surface area contributed by atoms with Crippen LogP contribution in [-0.2, 0) is 4.74 Å². The molecule has 19 heavy (non-hydrogen) atoms. The van der Waals surface area contributed by atoms with Crippen LogP contribution >= 0.6 is 0 Å². The summed E-state index contributed by atoms with van der Waals surface area (Å²) < 4.78 is 11.0. The van der Waals surface area contributed by atoms with Crippen molar-refractivity contribution >= 4 is 0 Å². The Morgan fingerprint density at radius 1 is 1.32 bits per heavy atom. The molecule has 104 valence electrons. The number of rotatable bonds is 4. The number of ether oxygens (including phenoxy) is 1. The molecule has 2 aliphatic carbocycles. The number of nitrogens with one attached hydrogen (secondary N) is 1. The van der Waals surface area contributed by atoms with Gasteiger partial charge in [0.15, 0.2) is 0 Å². The molecule has 1 saturated heterocycles. The van der Waals surface area contributed by atoms with Crippen LogP contribution in [0.5, 0.6) is 0 Å². The Morgan fingerprint density at radius 3 is 3.00 bits per heavy atom. The largest absolute Gasteiger partial charge is 0.373 e. The average molecular weight is 263 g/mol. The van der Waals surface area contributed by atoms with Crippen molar-refractivity contribution in [3.8, 4) is 0 Å². The van der Waals surface area contributed by atoms with E-state index in [1.165, 1.54) is 32.1 Å². The Balaban J connectivity index is 1.54. The quantitative estimate of drug-likeness (QED) is 0.902. The number of fused-ring (bicyclic) bond motifs is 1. The Bertz CT molecular complexity index is 457. The Morgan fingerprint density at radius 2 is 2.21 bits per heavy atom. The van der Waals surface area contributed by atoms with Crippen LogP contribution in [0.2, 0.25) is 0 Å². The predicted octanol–water partition coefficient (Wildman–Crippen LogP) is 2.23. The van der Waals surface area contributed by atoms with E-state index < -0.39 is 0 Å². The standard InChI is InChI=1S/C14H21N3O2/c1-18-12(8-5-6-8)13-16-14(19-17-13)11-10-4-2-3-9(10)7-15-11/h8-12,15H,2-7H2,1H3. The zero-order chi connectivity index (χ0) is 12.8. The lowest BCUT2D eigenvalue weighted by Crippen LogP contribution is -2.18. The summed E-state index contributed by atoms with van der Waals surface area (Å²) in [5.41, 5.74) is 0. The third-order valence-corrected chi connectivity index (χ3v) is 5.03. The fourth-order valence-electron chi connectivity index (χ4n) is 3.85. The van der Waals surface area contributed by atoms with Crippen LogP contribution in [0.15, 0.2) is 4.52 Å². The van der Waals surface area contributed by atoms with Crippen molar-refractivity contribution in [3.63, 3.8) is 0 Å². The van der Waals surface area contributed by atoms with Gasteiger partial charge in [-0.2, -0.15) is 4.98 Å². The van der Waals surface area contributed by atoms with Crippen LogP contribution < -0.4 is 5.32 Å². The second-order valence-electron chi connectivity index (χ2n) is 6.23. The van der Waals surface area contributed by atoms with Crippen molar-refractivity contribution in [1.82, 2.24) is 15.5 Å². The van der Waals surface area contributed by atoms with Crippen LogP contribution in [0.25, 0.3) is 0 Å². The molecule has 4 atom stereocenters. The fraction of sp³-hybridized carbons (Fsp3) is 0.857. The number of hydrogen-bond donors (Lipinski definition) is 1. The van der Waals surface area contributed by atoms with Crippen LogP contribution in [0.1, 0.15) is 56.0 Å². The lowest BCUT2D eigenvalue weighted by molar-refractivity contribution is 0.0751. The number of nitrogens with zero attached hydrogens (tertiary/aromatic N) is 2. The van der Waals surface area contributed by atoms with Crippen molar-refractivity contribution in [2.75, 3.05) is 13.7 Å². The second-order valence-corrected chi connectivity index (χ2v) is 6.23. The maximum absolute atomic E-state index is 5.52. The molecule has 5 heteroatoms. The zero-order valence-corrected chi connectivity index (χ0v) is 11.3. The summed E-state index contributed by atoms with van der Waals surface area (Å²) in [7, 11) is 1.74. The van der Waals surface area contributed by atoms with E-state index in [4.69, 9.17) is 9.26 Å². The first kappa shape index (κ1) is 11.9. The maximum atomic E-state index is 5.52. The summed E-state index contributed by atoms with van der Waals surface area (Å²) in [6.45, 7) is 1.10. The molecular formula is C14H21N3O2. The Labute approximate surface area is 113 Å². The molecule has 1 N–H and O–H groups in total. The van der Waals surface area contributed by atoms with Crippen LogP contribution in [0.3, 0.4) is 0 Å². The smallest absolute Gasteiger partial charge is 0.244 e. The third-order valence-electron chi connectivity index (χ3n) is 5.03. The first-order valence-corrected chi connectivity index (χ1v) is 7.46. The zero-order valence-electron chi connectivity index (χ0n) is 11.3. The summed E-state index contributed by atoms with van der Waals surface area (Å²) in [4.78, 5) is 4.62. The van der Waals surface area contributed by atoms with Crippen molar-refractivity contribution in [3.05, 3.63) is 11.7 Å². The first-order chi connectivity index (χ1) is 9.36. The number of aromatic nitrogens is 2. The summed E-state index contributed by atoms with van der Waals surface area (Å²) in [6, 6.07) is 0.269. The normalized spacial score (nSPS) is 35.5. The van der Waals surface area contributed by atoms with Gasteiger partial charge in [-0.3, -0.25) is 0 Å². The summed E-state index contributed by atoms with van der Waals surface area (Å²) in [5, 5.41) is 7.71. The molecule has 0 aromatic carbocycles.